The molecule has 1 aliphatic rings. The standard InChI is InChI=1S/C29H35N11O2/c1-18-23(10-19(12-32-18)28(42)31-7-9-38-8-5-6-29(38,2)3)35-27-22-14-34-40-16-20(11-24(40)26(22)37(4)36-27)21-13-33-39(15-21)17-25(30)41/h10-16H,5-9,17H2,1-4H3,(H2,30,41)(H,31,42)(H,35,36). The van der Waals surface area contributed by atoms with Crippen molar-refractivity contribution in [3.8, 4) is 11.1 Å². The first kappa shape index (κ1) is 27.4. The van der Waals surface area contributed by atoms with Gasteiger partial charge in [-0.3, -0.25) is 28.8 Å². The van der Waals surface area contributed by atoms with E-state index in [1.807, 2.05) is 32.3 Å². The van der Waals surface area contributed by atoms with E-state index in [0.29, 0.717) is 23.6 Å². The van der Waals surface area contributed by atoms with Gasteiger partial charge in [-0.1, -0.05) is 0 Å². The van der Waals surface area contributed by atoms with E-state index in [2.05, 4.69) is 44.6 Å². The summed E-state index contributed by atoms with van der Waals surface area (Å²) in [5, 5.41) is 20.8. The third-order valence-electron chi connectivity index (χ3n) is 8.06. The molecule has 0 unspecified atom stereocenters. The van der Waals surface area contributed by atoms with Gasteiger partial charge in [-0.25, -0.2) is 4.52 Å². The number of likely N-dealkylation sites (tertiary alicyclic amines) is 1. The number of amides is 2. The van der Waals surface area contributed by atoms with Crippen molar-refractivity contribution in [2.45, 2.75) is 45.7 Å². The molecule has 0 saturated carbocycles. The SMILES string of the molecule is Cc1ncc(C(=O)NCCN2CCCC2(C)C)cc1Nc1nn(C)c2c1cnn1cc(-c3cnn(CC(N)=O)c3)cc21. The number of carbonyl (C=O) groups excluding carboxylic acids is 2. The molecule has 2 amide bonds. The summed E-state index contributed by atoms with van der Waals surface area (Å²) in [7, 11) is 1.88. The quantitative estimate of drug-likeness (QED) is 0.245. The number of anilines is 2. The largest absolute Gasteiger partial charge is 0.368 e. The Labute approximate surface area is 242 Å². The van der Waals surface area contributed by atoms with Crippen LogP contribution >= 0.6 is 0 Å². The van der Waals surface area contributed by atoms with Crippen LogP contribution < -0.4 is 16.4 Å². The smallest absolute Gasteiger partial charge is 0.252 e. The van der Waals surface area contributed by atoms with E-state index >= 15 is 0 Å². The maximum absolute atomic E-state index is 13.0. The topological polar surface area (TPSA) is 153 Å². The molecule has 1 saturated heterocycles. The number of nitrogens with zero attached hydrogens (tertiary/aromatic N) is 8. The minimum absolute atomic E-state index is 0.0146. The molecule has 6 rings (SSSR count). The molecule has 5 aromatic heterocycles. The first-order valence-electron chi connectivity index (χ1n) is 14.0. The van der Waals surface area contributed by atoms with Crippen molar-refractivity contribution in [2.24, 2.45) is 12.8 Å². The lowest BCUT2D eigenvalue weighted by Crippen LogP contribution is -2.43. The summed E-state index contributed by atoms with van der Waals surface area (Å²) >= 11 is 0. The van der Waals surface area contributed by atoms with Gasteiger partial charge in [0, 0.05) is 55.4 Å². The number of nitrogens with one attached hydrogen (secondary N) is 2. The lowest BCUT2D eigenvalue weighted by Gasteiger charge is -2.31. The minimum Gasteiger partial charge on any atom is -0.368 e. The summed E-state index contributed by atoms with van der Waals surface area (Å²) in [6, 6.07) is 3.82. The van der Waals surface area contributed by atoms with Gasteiger partial charge in [0.15, 0.2) is 5.82 Å². The lowest BCUT2D eigenvalue weighted by atomic mass is 10.0. The van der Waals surface area contributed by atoms with Crippen molar-refractivity contribution in [3.05, 3.63) is 54.4 Å². The third-order valence-corrected chi connectivity index (χ3v) is 8.06. The second-order valence-corrected chi connectivity index (χ2v) is 11.5. The summed E-state index contributed by atoms with van der Waals surface area (Å²) in [5.41, 5.74) is 10.9. The number of hydrogen-bond acceptors (Lipinski definition) is 8. The molecule has 0 bridgehead atoms. The van der Waals surface area contributed by atoms with Crippen molar-refractivity contribution in [2.75, 3.05) is 25.0 Å². The van der Waals surface area contributed by atoms with Crippen LogP contribution in [0, 0.1) is 6.92 Å². The second-order valence-electron chi connectivity index (χ2n) is 11.5. The van der Waals surface area contributed by atoms with Gasteiger partial charge in [0.05, 0.1) is 45.8 Å². The molecule has 13 nitrogen and oxygen atoms in total. The van der Waals surface area contributed by atoms with E-state index in [4.69, 9.17) is 10.8 Å². The number of primary amides is 1. The average molecular weight is 570 g/mol. The number of rotatable bonds is 9. The molecule has 42 heavy (non-hydrogen) atoms. The molecular formula is C29H35N11O2. The summed E-state index contributed by atoms with van der Waals surface area (Å²) in [5.74, 6) is -0.00171. The van der Waals surface area contributed by atoms with Crippen LogP contribution in [0.4, 0.5) is 11.5 Å². The summed E-state index contributed by atoms with van der Waals surface area (Å²) < 4.78 is 5.10. The first-order chi connectivity index (χ1) is 20.1. The third kappa shape index (κ3) is 5.18. The Morgan fingerprint density at radius 3 is 2.69 bits per heavy atom. The maximum Gasteiger partial charge on any atom is 0.252 e. The molecule has 0 atom stereocenters. The van der Waals surface area contributed by atoms with Gasteiger partial charge < -0.3 is 16.4 Å². The Kier molecular flexibility index (Phi) is 6.89. The monoisotopic (exact) mass is 569 g/mol. The minimum atomic E-state index is -0.455. The number of carbonyl (C=O) groups is 2. The number of aromatic nitrogens is 7. The highest BCUT2D eigenvalue weighted by Crippen LogP contribution is 2.32. The van der Waals surface area contributed by atoms with Crippen LogP contribution in [0.1, 0.15) is 42.7 Å². The van der Waals surface area contributed by atoms with Crippen molar-refractivity contribution >= 4 is 39.7 Å². The van der Waals surface area contributed by atoms with E-state index in [1.165, 1.54) is 17.5 Å². The van der Waals surface area contributed by atoms with Crippen LogP contribution in [-0.4, -0.2) is 76.0 Å². The highest BCUT2D eigenvalue weighted by Gasteiger charge is 2.31. The molecular weight excluding hydrogens is 534 g/mol. The summed E-state index contributed by atoms with van der Waals surface area (Å²) in [6.45, 7) is 8.88. The van der Waals surface area contributed by atoms with Gasteiger partial charge in [-0.15, -0.1) is 0 Å². The zero-order valence-electron chi connectivity index (χ0n) is 24.3. The Balaban J connectivity index is 1.22. The number of nitrogens with two attached hydrogens (primary N) is 1. The lowest BCUT2D eigenvalue weighted by molar-refractivity contribution is -0.118. The van der Waals surface area contributed by atoms with Crippen molar-refractivity contribution in [1.82, 2.24) is 44.4 Å². The fourth-order valence-corrected chi connectivity index (χ4v) is 5.72. The van der Waals surface area contributed by atoms with Crippen LogP contribution in [0.15, 0.2) is 43.1 Å². The molecule has 218 valence electrons. The van der Waals surface area contributed by atoms with Crippen LogP contribution in [0.25, 0.3) is 27.5 Å². The van der Waals surface area contributed by atoms with Gasteiger partial charge in [0.2, 0.25) is 5.91 Å². The predicted octanol–water partition coefficient (Wildman–Crippen LogP) is 2.62. The van der Waals surface area contributed by atoms with Crippen LogP contribution in [-0.2, 0) is 18.4 Å². The van der Waals surface area contributed by atoms with Gasteiger partial charge >= 0.3 is 0 Å². The fourth-order valence-electron chi connectivity index (χ4n) is 5.72. The van der Waals surface area contributed by atoms with Crippen LogP contribution in [0.3, 0.4) is 0 Å². The van der Waals surface area contributed by atoms with E-state index in [1.54, 1.807) is 34.0 Å². The molecule has 0 spiro atoms. The molecule has 1 fully saturated rings. The Bertz CT molecular complexity index is 1810. The average Bonchev–Trinajstić information content (AvgIpc) is 3.71. The molecule has 4 N–H and O–H groups in total. The van der Waals surface area contributed by atoms with Gasteiger partial charge in [0.1, 0.15) is 6.54 Å². The normalized spacial score (nSPS) is 15.0. The fraction of sp³-hybridized carbons (Fsp3) is 0.379. The number of pyridine rings is 1. The van der Waals surface area contributed by atoms with E-state index in [9.17, 15) is 9.59 Å². The zero-order valence-corrected chi connectivity index (χ0v) is 24.3. The van der Waals surface area contributed by atoms with E-state index < -0.39 is 5.91 Å². The molecule has 0 aliphatic carbocycles. The Morgan fingerprint density at radius 2 is 1.93 bits per heavy atom. The predicted molar refractivity (Wildman–Crippen MR) is 159 cm³/mol. The second kappa shape index (κ2) is 10.6. The summed E-state index contributed by atoms with van der Waals surface area (Å²) in [6.07, 6.45) is 11.1. The van der Waals surface area contributed by atoms with E-state index in [0.717, 1.165) is 46.3 Å². The highest BCUT2D eigenvalue weighted by atomic mass is 16.2. The molecule has 5 aromatic rings. The number of hydrogen-bond donors (Lipinski definition) is 3. The maximum atomic E-state index is 13.0. The van der Waals surface area contributed by atoms with E-state index in [-0.39, 0.29) is 18.0 Å². The van der Waals surface area contributed by atoms with Crippen molar-refractivity contribution < 1.29 is 9.59 Å². The number of fused-ring (bicyclic) bond motifs is 3. The van der Waals surface area contributed by atoms with Gasteiger partial charge in [-0.05, 0) is 52.3 Å². The molecule has 0 aromatic carbocycles. The highest BCUT2D eigenvalue weighted by molar-refractivity contribution is 6.01. The zero-order chi connectivity index (χ0) is 29.6. The number of aryl methyl sites for hydroxylation is 2. The van der Waals surface area contributed by atoms with Crippen molar-refractivity contribution in [3.63, 3.8) is 0 Å². The van der Waals surface area contributed by atoms with Crippen LogP contribution in [0.5, 0.6) is 0 Å². The van der Waals surface area contributed by atoms with Gasteiger partial charge in [-0.2, -0.15) is 15.3 Å². The molecule has 6 heterocycles. The van der Waals surface area contributed by atoms with Crippen molar-refractivity contribution in [1.29, 1.82) is 0 Å². The summed E-state index contributed by atoms with van der Waals surface area (Å²) in [4.78, 5) is 31.1. The molecule has 13 heteroatoms. The first-order valence-corrected chi connectivity index (χ1v) is 14.0. The Morgan fingerprint density at radius 1 is 1.10 bits per heavy atom. The van der Waals surface area contributed by atoms with Crippen LogP contribution in [0.2, 0.25) is 0 Å². The molecule has 0 radical (unpaired) electrons. The Hall–Kier alpha value is -4.78. The van der Waals surface area contributed by atoms with Gasteiger partial charge in [0.25, 0.3) is 5.91 Å². The molecule has 1 aliphatic heterocycles.